The summed E-state index contributed by atoms with van der Waals surface area (Å²) in [6, 6.07) is 4.90. The summed E-state index contributed by atoms with van der Waals surface area (Å²) >= 11 is 5.99. The summed E-state index contributed by atoms with van der Waals surface area (Å²) in [5.74, 6) is 0. The van der Waals surface area contributed by atoms with Crippen molar-refractivity contribution in [3.63, 3.8) is 0 Å². The van der Waals surface area contributed by atoms with Gasteiger partial charge in [-0.25, -0.2) is 13.1 Å². The molecule has 1 aliphatic rings. The first-order chi connectivity index (χ1) is 8.90. The number of hydrogen-bond donors (Lipinski definition) is 2. The van der Waals surface area contributed by atoms with Crippen LogP contribution in [-0.4, -0.2) is 20.5 Å². The van der Waals surface area contributed by atoms with E-state index >= 15 is 0 Å². The van der Waals surface area contributed by atoms with Gasteiger partial charge >= 0.3 is 0 Å². The molecule has 0 bridgehead atoms. The lowest BCUT2D eigenvalue weighted by atomic mass is 10.0. The molecule has 7 heteroatoms. The highest BCUT2D eigenvalue weighted by Gasteiger charge is 2.37. The van der Waals surface area contributed by atoms with Crippen LogP contribution in [0.4, 0.5) is 0 Å². The molecule has 0 radical (unpaired) electrons. The van der Waals surface area contributed by atoms with Crippen molar-refractivity contribution in [2.24, 2.45) is 5.73 Å². The van der Waals surface area contributed by atoms with Gasteiger partial charge in [0.2, 0.25) is 10.0 Å². The first kappa shape index (κ1) is 17.7. The quantitative estimate of drug-likeness (QED) is 0.886. The Morgan fingerprint density at radius 3 is 2.50 bits per heavy atom. The van der Waals surface area contributed by atoms with Gasteiger partial charge in [-0.1, -0.05) is 30.5 Å². The van der Waals surface area contributed by atoms with E-state index in [0.717, 1.165) is 25.7 Å². The smallest absolute Gasteiger partial charge is 0.241 e. The molecule has 0 aromatic heterocycles. The first-order valence-electron chi connectivity index (χ1n) is 6.39. The topological polar surface area (TPSA) is 72.2 Å². The van der Waals surface area contributed by atoms with Gasteiger partial charge in [0.05, 0.1) is 4.90 Å². The maximum atomic E-state index is 12.5. The molecule has 0 heterocycles. The largest absolute Gasteiger partial charge is 0.329 e. The van der Waals surface area contributed by atoms with Gasteiger partial charge in [0.1, 0.15) is 0 Å². The highest BCUT2D eigenvalue weighted by Crippen LogP contribution is 2.31. The second-order valence-corrected chi connectivity index (χ2v) is 7.22. The van der Waals surface area contributed by atoms with E-state index in [9.17, 15) is 8.42 Å². The molecule has 1 saturated carbocycles. The molecule has 1 aromatic rings. The Morgan fingerprint density at radius 1 is 1.35 bits per heavy atom. The van der Waals surface area contributed by atoms with Crippen LogP contribution in [0.1, 0.15) is 31.2 Å². The standard InChI is InChI=1S/C13H19ClN2O2S.ClH/c1-10-11(14)5-4-6-12(10)19(17,18)16-13(9-15)7-2-3-8-13;/h4-6,16H,2-3,7-9,15H2,1H3;1H. The SMILES string of the molecule is Cc1c(Cl)cccc1S(=O)(=O)NC1(CN)CCCC1.Cl. The van der Waals surface area contributed by atoms with E-state index in [-0.39, 0.29) is 17.3 Å². The van der Waals surface area contributed by atoms with E-state index < -0.39 is 15.6 Å². The lowest BCUT2D eigenvalue weighted by Crippen LogP contribution is -2.51. The number of nitrogens with two attached hydrogens (primary N) is 1. The number of rotatable bonds is 4. The van der Waals surface area contributed by atoms with E-state index in [4.69, 9.17) is 17.3 Å². The van der Waals surface area contributed by atoms with Crippen molar-refractivity contribution in [3.8, 4) is 0 Å². The van der Waals surface area contributed by atoms with Gasteiger partial charge in [0.15, 0.2) is 0 Å². The molecule has 1 aromatic carbocycles. The summed E-state index contributed by atoms with van der Waals surface area (Å²) < 4.78 is 27.8. The Balaban J connectivity index is 0.00000200. The predicted octanol–water partition coefficient (Wildman–Crippen LogP) is 2.62. The van der Waals surface area contributed by atoms with Gasteiger partial charge in [-0.05, 0) is 37.5 Å². The van der Waals surface area contributed by atoms with E-state index in [1.165, 1.54) is 0 Å². The van der Waals surface area contributed by atoms with Crippen LogP contribution in [0.5, 0.6) is 0 Å². The average molecular weight is 339 g/mol. The number of benzene rings is 1. The number of nitrogens with one attached hydrogen (secondary N) is 1. The Labute approximate surface area is 131 Å². The van der Waals surface area contributed by atoms with Crippen molar-refractivity contribution in [3.05, 3.63) is 28.8 Å². The molecule has 0 atom stereocenters. The van der Waals surface area contributed by atoms with Crippen molar-refractivity contribution < 1.29 is 8.42 Å². The van der Waals surface area contributed by atoms with Crippen molar-refractivity contribution >= 4 is 34.0 Å². The van der Waals surface area contributed by atoms with Crippen molar-refractivity contribution in [2.75, 3.05) is 6.54 Å². The maximum absolute atomic E-state index is 12.5. The summed E-state index contributed by atoms with van der Waals surface area (Å²) in [5.41, 5.74) is 5.85. The fourth-order valence-electron chi connectivity index (χ4n) is 2.62. The zero-order valence-electron chi connectivity index (χ0n) is 11.4. The third kappa shape index (κ3) is 3.46. The Morgan fingerprint density at radius 2 is 1.95 bits per heavy atom. The minimum Gasteiger partial charge on any atom is -0.329 e. The fourth-order valence-corrected chi connectivity index (χ4v) is 4.59. The summed E-state index contributed by atoms with van der Waals surface area (Å²) in [6.07, 6.45) is 3.60. The van der Waals surface area contributed by atoms with E-state index in [1.807, 2.05) is 0 Å². The Hall–Kier alpha value is -0.330. The van der Waals surface area contributed by atoms with E-state index in [2.05, 4.69) is 4.72 Å². The number of sulfonamides is 1. The molecule has 1 fully saturated rings. The second-order valence-electron chi connectivity index (χ2n) is 5.16. The van der Waals surface area contributed by atoms with Crippen LogP contribution in [0.25, 0.3) is 0 Å². The maximum Gasteiger partial charge on any atom is 0.241 e. The van der Waals surface area contributed by atoms with Crippen molar-refractivity contribution in [1.82, 2.24) is 4.72 Å². The minimum atomic E-state index is -3.58. The third-order valence-corrected chi connectivity index (χ3v) is 5.94. The van der Waals surface area contributed by atoms with Crippen molar-refractivity contribution in [1.29, 1.82) is 0 Å². The van der Waals surface area contributed by atoms with E-state index in [0.29, 0.717) is 17.1 Å². The van der Waals surface area contributed by atoms with Crippen LogP contribution in [0, 0.1) is 6.92 Å². The summed E-state index contributed by atoms with van der Waals surface area (Å²) in [6.45, 7) is 2.03. The molecule has 0 amide bonds. The second kappa shape index (κ2) is 6.62. The molecular formula is C13H20Cl2N2O2S. The summed E-state index contributed by atoms with van der Waals surface area (Å²) in [4.78, 5) is 0.236. The zero-order valence-corrected chi connectivity index (χ0v) is 13.7. The molecule has 20 heavy (non-hydrogen) atoms. The van der Waals surface area contributed by atoms with Gasteiger partial charge < -0.3 is 5.73 Å². The lowest BCUT2D eigenvalue weighted by Gasteiger charge is -2.28. The van der Waals surface area contributed by atoms with Crippen LogP contribution >= 0.6 is 24.0 Å². The fraction of sp³-hybridized carbons (Fsp3) is 0.538. The molecule has 0 spiro atoms. The van der Waals surface area contributed by atoms with Crippen LogP contribution in [-0.2, 0) is 10.0 Å². The average Bonchev–Trinajstić information content (AvgIpc) is 2.81. The monoisotopic (exact) mass is 338 g/mol. The molecule has 114 valence electrons. The molecule has 1 aliphatic carbocycles. The molecule has 0 saturated heterocycles. The highest BCUT2D eigenvalue weighted by atomic mass is 35.5. The molecule has 4 nitrogen and oxygen atoms in total. The van der Waals surface area contributed by atoms with Gasteiger partial charge in [-0.3, -0.25) is 0 Å². The summed E-state index contributed by atoms with van der Waals surface area (Å²) in [7, 11) is -3.58. The lowest BCUT2D eigenvalue weighted by molar-refractivity contribution is 0.399. The van der Waals surface area contributed by atoms with Gasteiger partial charge in [0, 0.05) is 17.1 Å². The molecule has 3 N–H and O–H groups in total. The Bertz CT molecular complexity index is 570. The highest BCUT2D eigenvalue weighted by molar-refractivity contribution is 7.89. The van der Waals surface area contributed by atoms with Crippen LogP contribution in [0.15, 0.2) is 23.1 Å². The zero-order chi connectivity index (χ0) is 14.1. The molecule has 0 unspecified atom stereocenters. The minimum absolute atomic E-state index is 0. The van der Waals surface area contributed by atoms with Crippen LogP contribution in [0.2, 0.25) is 5.02 Å². The van der Waals surface area contributed by atoms with Gasteiger partial charge in [-0.2, -0.15) is 0 Å². The first-order valence-corrected chi connectivity index (χ1v) is 8.25. The third-order valence-electron chi connectivity index (χ3n) is 3.81. The normalized spacial score (nSPS) is 17.8. The predicted molar refractivity (Wildman–Crippen MR) is 84.0 cm³/mol. The van der Waals surface area contributed by atoms with Crippen LogP contribution in [0.3, 0.4) is 0 Å². The van der Waals surface area contributed by atoms with Gasteiger partial charge in [-0.15, -0.1) is 12.4 Å². The van der Waals surface area contributed by atoms with Crippen LogP contribution < -0.4 is 10.5 Å². The number of hydrogen-bond acceptors (Lipinski definition) is 3. The number of halogens is 2. The van der Waals surface area contributed by atoms with Gasteiger partial charge in [0.25, 0.3) is 0 Å². The Kier molecular flexibility index (Phi) is 5.87. The van der Waals surface area contributed by atoms with Crippen molar-refractivity contribution in [2.45, 2.75) is 43.0 Å². The molecule has 2 rings (SSSR count). The molecular weight excluding hydrogens is 319 g/mol. The molecule has 0 aliphatic heterocycles. The summed E-state index contributed by atoms with van der Waals surface area (Å²) in [5, 5.41) is 0.455. The van der Waals surface area contributed by atoms with E-state index in [1.54, 1.807) is 25.1 Å².